The second-order valence-corrected chi connectivity index (χ2v) is 6.81. The Balaban J connectivity index is 1.69. The lowest BCUT2D eigenvalue weighted by Crippen LogP contribution is -2.20. The Labute approximate surface area is 151 Å². The van der Waals surface area contributed by atoms with Gasteiger partial charge in [-0.2, -0.15) is 0 Å². The van der Waals surface area contributed by atoms with Crippen LogP contribution in [-0.4, -0.2) is 19.5 Å². The fourth-order valence-electron chi connectivity index (χ4n) is 2.67. The Morgan fingerprint density at radius 3 is 2.48 bits per heavy atom. The maximum atomic E-state index is 12.1. The first kappa shape index (κ1) is 18.0. The van der Waals surface area contributed by atoms with Gasteiger partial charge >= 0.3 is 0 Å². The SMILES string of the molecule is Nc1c(NCC2CC2)ccc(-c2ccc(CNCC(F)F)cc2)c1Cl. The van der Waals surface area contributed by atoms with E-state index in [1.807, 2.05) is 36.4 Å². The predicted octanol–water partition coefficient (Wildman–Crippen LogP) is 4.77. The molecule has 134 valence electrons. The van der Waals surface area contributed by atoms with Gasteiger partial charge in [0.2, 0.25) is 0 Å². The van der Waals surface area contributed by atoms with Crippen LogP contribution in [0.25, 0.3) is 11.1 Å². The summed E-state index contributed by atoms with van der Waals surface area (Å²) in [6.45, 7) is 1.03. The third-order valence-electron chi connectivity index (χ3n) is 4.35. The number of halogens is 3. The molecule has 1 saturated carbocycles. The molecular weight excluding hydrogens is 344 g/mol. The zero-order valence-corrected chi connectivity index (χ0v) is 14.6. The van der Waals surface area contributed by atoms with Gasteiger partial charge in [0, 0.05) is 18.7 Å². The first-order valence-corrected chi connectivity index (χ1v) is 8.82. The van der Waals surface area contributed by atoms with Crippen LogP contribution in [0.2, 0.25) is 5.02 Å². The molecule has 3 nitrogen and oxygen atoms in total. The van der Waals surface area contributed by atoms with Crippen molar-refractivity contribution in [1.82, 2.24) is 5.32 Å². The van der Waals surface area contributed by atoms with Crippen molar-refractivity contribution >= 4 is 23.0 Å². The van der Waals surface area contributed by atoms with Crippen LogP contribution in [0.5, 0.6) is 0 Å². The number of benzene rings is 2. The van der Waals surface area contributed by atoms with E-state index in [1.54, 1.807) is 0 Å². The molecule has 3 rings (SSSR count). The van der Waals surface area contributed by atoms with Gasteiger partial charge in [-0.05, 0) is 36.0 Å². The smallest absolute Gasteiger partial charge is 0.250 e. The normalized spacial score (nSPS) is 14.1. The average Bonchev–Trinajstić information content (AvgIpc) is 3.41. The minimum Gasteiger partial charge on any atom is -0.396 e. The molecule has 2 aromatic carbocycles. The molecule has 1 fully saturated rings. The molecule has 0 saturated heterocycles. The minimum atomic E-state index is -2.34. The zero-order valence-electron chi connectivity index (χ0n) is 13.9. The van der Waals surface area contributed by atoms with Gasteiger partial charge in [-0.25, -0.2) is 8.78 Å². The Bertz CT molecular complexity index is 715. The highest BCUT2D eigenvalue weighted by atomic mass is 35.5. The fraction of sp³-hybridized carbons (Fsp3) is 0.368. The standard InChI is InChI=1S/C19H22ClF2N3/c20-18-15(7-8-16(19(18)23)25-10-13-1-2-13)14-5-3-12(4-6-14)9-24-11-17(21)22/h3-8,13,17,24-25H,1-2,9-11,23H2. The highest BCUT2D eigenvalue weighted by molar-refractivity contribution is 6.36. The van der Waals surface area contributed by atoms with E-state index in [4.69, 9.17) is 17.3 Å². The molecule has 4 N–H and O–H groups in total. The summed E-state index contributed by atoms with van der Waals surface area (Å²) in [7, 11) is 0. The van der Waals surface area contributed by atoms with Gasteiger partial charge in [0.1, 0.15) is 0 Å². The summed E-state index contributed by atoms with van der Waals surface area (Å²) in [6, 6.07) is 11.6. The van der Waals surface area contributed by atoms with Gasteiger partial charge in [0.05, 0.1) is 22.9 Å². The lowest BCUT2D eigenvalue weighted by atomic mass is 10.0. The molecule has 0 aromatic heterocycles. The van der Waals surface area contributed by atoms with Crippen LogP contribution >= 0.6 is 11.6 Å². The molecule has 0 radical (unpaired) electrons. The quantitative estimate of drug-likeness (QED) is 0.591. The second kappa shape index (κ2) is 8.02. The topological polar surface area (TPSA) is 50.1 Å². The van der Waals surface area contributed by atoms with Gasteiger partial charge in [-0.1, -0.05) is 41.9 Å². The maximum Gasteiger partial charge on any atom is 0.250 e. The third-order valence-corrected chi connectivity index (χ3v) is 4.76. The van der Waals surface area contributed by atoms with E-state index < -0.39 is 6.43 Å². The van der Waals surface area contributed by atoms with Crippen molar-refractivity contribution in [2.45, 2.75) is 25.8 Å². The molecule has 1 aliphatic carbocycles. The molecule has 0 bridgehead atoms. The summed E-state index contributed by atoms with van der Waals surface area (Å²) in [5.74, 6) is 0.754. The van der Waals surface area contributed by atoms with Crippen LogP contribution in [-0.2, 0) is 6.54 Å². The van der Waals surface area contributed by atoms with E-state index in [0.29, 0.717) is 17.3 Å². The number of anilines is 2. The maximum absolute atomic E-state index is 12.1. The molecule has 2 aromatic rings. The van der Waals surface area contributed by atoms with Crippen LogP contribution in [0.15, 0.2) is 36.4 Å². The van der Waals surface area contributed by atoms with Crippen molar-refractivity contribution < 1.29 is 8.78 Å². The van der Waals surface area contributed by atoms with Crippen LogP contribution < -0.4 is 16.4 Å². The highest BCUT2D eigenvalue weighted by Crippen LogP contribution is 2.38. The van der Waals surface area contributed by atoms with E-state index in [1.165, 1.54) is 12.8 Å². The summed E-state index contributed by atoms with van der Waals surface area (Å²) in [6.07, 6.45) is 0.210. The number of alkyl halides is 2. The summed E-state index contributed by atoms with van der Waals surface area (Å²) in [5, 5.41) is 6.60. The molecule has 0 heterocycles. The lowest BCUT2D eigenvalue weighted by molar-refractivity contribution is 0.145. The molecule has 25 heavy (non-hydrogen) atoms. The number of rotatable bonds is 8. The van der Waals surface area contributed by atoms with Gasteiger partial charge in [-0.15, -0.1) is 0 Å². The van der Waals surface area contributed by atoms with Crippen LogP contribution in [0.4, 0.5) is 20.2 Å². The molecule has 0 aliphatic heterocycles. The zero-order chi connectivity index (χ0) is 17.8. The number of nitrogens with two attached hydrogens (primary N) is 1. The number of hydrogen-bond donors (Lipinski definition) is 3. The van der Waals surface area contributed by atoms with E-state index >= 15 is 0 Å². The number of nitrogens with one attached hydrogen (secondary N) is 2. The Kier molecular flexibility index (Phi) is 5.76. The largest absolute Gasteiger partial charge is 0.396 e. The lowest BCUT2D eigenvalue weighted by Gasteiger charge is -2.14. The van der Waals surface area contributed by atoms with Gasteiger partial charge in [0.15, 0.2) is 0 Å². The van der Waals surface area contributed by atoms with Crippen LogP contribution in [0, 0.1) is 5.92 Å². The summed E-state index contributed by atoms with van der Waals surface area (Å²) in [4.78, 5) is 0. The average molecular weight is 366 g/mol. The molecule has 0 spiro atoms. The Hall–Kier alpha value is -1.85. The highest BCUT2D eigenvalue weighted by Gasteiger charge is 2.21. The van der Waals surface area contributed by atoms with Gasteiger partial charge in [-0.3, -0.25) is 0 Å². The van der Waals surface area contributed by atoms with E-state index in [9.17, 15) is 8.78 Å². The summed E-state index contributed by atoms with van der Waals surface area (Å²) >= 11 is 6.46. The van der Waals surface area contributed by atoms with E-state index in [-0.39, 0.29) is 6.54 Å². The third kappa shape index (κ3) is 4.83. The molecular formula is C19H22ClF2N3. The first-order chi connectivity index (χ1) is 12.0. The van der Waals surface area contributed by atoms with Crippen LogP contribution in [0.3, 0.4) is 0 Å². The van der Waals surface area contributed by atoms with E-state index in [2.05, 4.69) is 10.6 Å². The first-order valence-electron chi connectivity index (χ1n) is 8.44. The van der Waals surface area contributed by atoms with Gasteiger partial charge < -0.3 is 16.4 Å². The molecule has 0 amide bonds. The number of hydrogen-bond acceptors (Lipinski definition) is 3. The molecule has 1 aliphatic rings. The van der Waals surface area contributed by atoms with Crippen molar-refractivity contribution in [2.75, 3.05) is 24.1 Å². The fourth-order valence-corrected chi connectivity index (χ4v) is 2.95. The molecule has 0 unspecified atom stereocenters. The summed E-state index contributed by atoms with van der Waals surface area (Å²) in [5.41, 5.74) is 10.4. The molecule has 6 heteroatoms. The van der Waals surface area contributed by atoms with Crippen molar-refractivity contribution in [1.29, 1.82) is 0 Å². The van der Waals surface area contributed by atoms with Crippen molar-refractivity contribution in [2.24, 2.45) is 5.92 Å². The minimum absolute atomic E-state index is 0.306. The summed E-state index contributed by atoms with van der Waals surface area (Å²) < 4.78 is 24.3. The number of nitrogen functional groups attached to an aromatic ring is 1. The van der Waals surface area contributed by atoms with E-state index in [0.717, 1.165) is 34.8 Å². The monoisotopic (exact) mass is 365 g/mol. The Morgan fingerprint density at radius 1 is 1.12 bits per heavy atom. The van der Waals surface area contributed by atoms with Crippen molar-refractivity contribution in [3.63, 3.8) is 0 Å². The molecule has 0 atom stereocenters. The van der Waals surface area contributed by atoms with Gasteiger partial charge in [0.25, 0.3) is 6.43 Å². The Morgan fingerprint density at radius 2 is 1.84 bits per heavy atom. The predicted molar refractivity (Wildman–Crippen MR) is 100 cm³/mol. The van der Waals surface area contributed by atoms with Crippen LogP contribution in [0.1, 0.15) is 18.4 Å². The van der Waals surface area contributed by atoms with Crippen molar-refractivity contribution in [3.05, 3.63) is 47.0 Å². The van der Waals surface area contributed by atoms with Crippen molar-refractivity contribution in [3.8, 4) is 11.1 Å². The second-order valence-electron chi connectivity index (χ2n) is 6.43.